The molecule has 2 rings (SSSR count). The Morgan fingerprint density at radius 1 is 1.56 bits per heavy atom. The highest BCUT2D eigenvalue weighted by Crippen LogP contribution is 2.20. The van der Waals surface area contributed by atoms with E-state index >= 15 is 0 Å². The largest absolute Gasteiger partial charge is 0.461 e. The normalized spacial score (nSPS) is 10.3. The summed E-state index contributed by atoms with van der Waals surface area (Å²) in [6, 6.07) is 0. The van der Waals surface area contributed by atoms with Gasteiger partial charge in [0.05, 0.1) is 12.1 Å². The summed E-state index contributed by atoms with van der Waals surface area (Å²) in [5.74, 6) is 0.200. The van der Waals surface area contributed by atoms with Crippen molar-refractivity contribution >= 4 is 22.3 Å². The lowest BCUT2D eigenvalue weighted by molar-refractivity contribution is 0.0521. The molecule has 18 heavy (non-hydrogen) atoms. The van der Waals surface area contributed by atoms with E-state index in [1.165, 1.54) is 17.7 Å². The molecule has 0 aliphatic rings. The van der Waals surface area contributed by atoms with E-state index in [4.69, 9.17) is 4.74 Å². The minimum Gasteiger partial charge on any atom is -0.461 e. The zero-order chi connectivity index (χ0) is 12.8. The molecule has 0 amide bonds. The molecule has 8 heteroatoms. The van der Waals surface area contributed by atoms with Crippen molar-refractivity contribution in [1.82, 2.24) is 15.1 Å². The summed E-state index contributed by atoms with van der Waals surface area (Å²) in [6.07, 6.45) is 1.89. The van der Waals surface area contributed by atoms with E-state index in [1.807, 2.05) is 0 Å². The van der Waals surface area contributed by atoms with Crippen LogP contribution < -0.4 is 5.32 Å². The number of thiazole rings is 1. The Kier molecular flexibility index (Phi) is 4.24. The van der Waals surface area contributed by atoms with Crippen LogP contribution in [0.5, 0.6) is 0 Å². The third kappa shape index (κ3) is 3.04. The summed E-state index contributed by atoms with van der Waals surface area (Å²) in [6.45, 7) is 2.68. The van der Waals surface area contributed by atoms with Crippen LogP contribution in [-0.2, 0) is 11.2 Å². The Bertz CT molecular complexity index is 497. The van der Waals surface area contributed by atoms with Crippen LogP contribution in [0.25, 0.3) is 0 Å². The standard InChI is InChI=1S/C10H12N4O3S/c1-2-16-10(15)8-9(18-6-13-8)11-4-3-7-12-5-17-14-7/h5-6,11H,2-4H2,1H3. The highest BCUT2D eigenvalue weighted by molar-refractivity contribution is 7.14. The number of carbonyl (C=O) groups is 1. The van der Waals surface area contributed by atoms with Crippen molar-refractivity contribution in [2.45, 2.75) is 13.3 Å². The summed E-state index contributed by atoms with van der Waals surface area (Å²) in [5.41, 5.74) is 1.91. The van der Waals surface area contributed by atoms with Crippen molar-refractivity contribution in [3.8, 4) is 0 Å². The predicted molar refractivity (Wildman–Crippen MR) is 64.6 cm³/mol. The number of ether oxygens (including phenoxy) is 1. The maximum Gasteiger partial charge on any atom is 0.360 e. The first-order valence-electron chi connectivity index (χ1n) is 5.41. The van der Waals surface area contributed by atoms with Gasteiger partial charge in [0.2, 0.25) is 6.39 Å². The minimum absolute atomic E-state index is 0.315. The van der Waals surface area contributed by atoms with Crippen LogP contribution in [0.4, 0.5) is 5.00 Å². The number of hydrogen-bond donors (Lipinski definition) is 1. The zero-order valence-corrected chi connectivity index (χ0v) is 10.6. The second-order valence-corrected chi connectivity index (χ2v) is 4.13. The molecule has 0 fully saturated rings. The lowest BCUT2D eigenvalue weighted by Gasteiger charge is -2.04. The molecule has 0 saturated heterocycles. The Labute approximate surface area is 107 Å². The number of esters is 1. The molecule has 2 aromatic rings. The molecule has 96 valence electrons. The van der Waals surface area contributed by atoms with Crippen molar-refractivity contribution in [3.05, 3.63) is 23.4 Å². The molecule has 1 N–H and O–H groups in total. The highest BCUT2D eigenvalue weighted by Gasteiger charge is 2.15. The molecule has 7 nitrogen and oxygen atoms in total. The van der Waals surface area contributed by atoms with Gasteiger partial charge in [-0.1, -0.05) is 5.16 Å². The van der Waals surface area contributed by atoms with Crippen LogP contribution in [0.1, 0.15) is 23.2 Å². The highest BCUT2D eigenvalue weighted by atomic mass is 32.1. The Balaban J connectivity index is 1.89. The summed E-state index contributed by atoms with van der Waals surface area (Å²) >= 11 is 1.35. The average molecular weight is 268 g/mol. The monoisotopic (exact) mass is 268 g/mol. The summed E-state index contributed by atoms with van der Waals surface area (Å²) in [7, 11) is 0. The average Bonchev–Trinajstić information content (AvgIpc) is 3.00. The number of rotatable bonds is 6. The van der Waals surface area contributed by atoms with Gasteiger partial charge in [-0.2, -0.15) is 4.98 Å². The van der Waals surface area contributed by atoms with Crippen molar-refractivity contribution in [3.63, 3.8) is 0 Å². The summed E-state index contributed by atoms with van der Waals surface area (Å²) in [5, 5.41) is 7.49. The Morgan fingerprint density at radius 3 is 3.17 bits per heavy atom. The molecule has 0 aromatic carbocycles. The van der Waals surface area contributed by atoms with Gasteiger partial charge >= 0.3 is 5.97 Å². The SMILES string of the molecule is CCOC(=O)c1ncsc1NCCc1ncon1. The van der Waals surface area contributed by atoms with Crippen LogP contribution in [0.3, 0.4) is 0 Å². The molecule has 0 saturated carbocycles. The molecule has 2 heterocycles. The smallest absolute Gasteiger partial charge is 0.360 e. The van der Waals surface area contributed by atoms with E-state index in [0.717, 1.165) is 0 Å². The molecule has 0 unspecified atom stereocenters. The molecule has 0 aliphatic heterocycles. The summed E-state index contributed by atoms with van der Waals surface area (Å²) < 4.78 is 9.53. The van der Waals surface area contributed by atoms with E-state index in [9.17, 15) is 4.79 Å². The first-order chi connectivity index (χ1) is 8.81. The van der Waals surface area contributed by atoms with E-state index in [2.05, 4.69) is 25.0 Å². The van der Waals surface area contributed by atoms with Crippen molar-refractivity contribution in [2.24, 2.45) is 0 Å². The Hall–Kier alpha value is -1.96. The maximum atomic E-state index is 11.6. The minimum atomic E-state index is -0.416. The molecular formula is C10H12N4O3S. The topological polar surface area (TPSA) is 90.1 Å². The van der Waals surface area contributed by atoms with E-state index in [0.29, 0.717) is 36.1 Å². The first kappa shape index (κ1) is 12.5. The van der Waals surface area contributed by atoms with Gasteiger partial charge in [-0.15, -0.1) is 11.3 Å². The number of hydrogen-bond acceptors (Lipinski definition) is 8. The molecule has 2 aromatic heterocycles. The predicted octanol–water partition coefficient (Wildman–Crippen LogP) is 1.36. The van der Waals surface area contributed by atoms with Crippen LogP contribution in [0.2, 0.25) is 0 Å². The van der Waals surface area contributed by atoms with E-state index in [-0.39, 0.29) is 0 Å². The molecule has 0 bridgehead atoms. The molecule has 0 aliphatic carbocycles. The molecule has 0 spiro atoms. The van der Waals surface area contributed by atoms with Gasteiger partial charge in [-0.3, -0.25) is 0 Å². The fourth-order valence-corrected chi connectivity index (χ4v) is 2.00. The third-order valence-electron chi connectivity index (χ3n) is 2.08. The third-order valence-corrected chi connectivity index (χ3v) is 2.86. The molecule has 0 atom stereocenters. The van der Waals surface area contributed by atoms with Crippen LogP contribution >= 0.6 is 11.3 Å². The van der Waals surface area contributed by atoms with Gasteiger partial charge in [0.1, 0.15) is 5.00 Å². The second-order valence-electron chi connectivity index (χ2n) is 3.27. The van der Waals surface area contributed by atoms with Gasteiger partial charge in [-0.05, 0) is 6.92 Å². The quantitative estimate of drug-likeness (QED) is 0.791. The molecule has 0 radical (unpaired) electrons. The zero-order valence-electron chi connectivity index (χ0n) is 9.75. The van der Waals surface area contributed by atoms with Crippen LogP contribution in [-0.4, -0.2) is 34.2 Å². The fraction of sp³-hybridized carbons (Fsp3) is 0.400. The number of nitrogens with one attached hydrogen (secondary N) is 1. The van der Waals surface area contributed by atoms with Gasteiger partial charge in [0.25, 0.3) is 0 Å². The van der Waals surface area contributed by atoms with Gasteiger partial charge in [-0.25, -0.2) is 9.78 Å². The number of anilines is 1. The Morgan fingerprint density at radius 2 is 2.44 bits per heavy atom. The van der Waals surface area contributed by atoms with Gasteiger partial charge in [0, 0.05) is 13.0 Å². The lowest BCUT2D eigenvalue weighted by Crippen LogP contribution is -2.11. The van der Waals surface area contributed by atoms with E-state index < -0.39 is 5.97 Å². The van der Waals surface area contributed by atoms with Crippen LogP contribution in [0.15, 0.2) is 16.4 Å². The number of nitrogens with zero attached hydrogens (tertiary/aromatic N) is 3. The lowest BCUT2D eigenvalue weighted by atomic mass is 10.4. The number of aromatic nitrogens is 3. The fourth-order valence-electron chi connectivity index (χ4n) is 1.31. The maximum absolute atomic E-state index is 11.6. The second kappa shape index (κ2) is 6.10. The number of carbonyl (C=O) groups excluding carboxylic acids is 1. The molecular weight excluding hydrogens is 256 g/mol. The van der Waals surface area contributed by atoms with E-state index in [1.54, 1.807) is 12.4 Å². The van der Waals surface area contributed by atoms with Gasteiger partial charge < -0.3 is 14.6 Å². The summed E-state index contributed by atoms with van der Waals surface area (Å²) in [4.78, 5) is 19.4. The first-order valence-corrected chi connectivity index (χ1v) is 6.29. The van der Waals surface area contributed by atoms with Gasteiger partial charge in [0.15, 0.2) is 11.5 Å². The van der Waals surface area contributed by atoms with Crippen molar-refractivity contribution in [2.75, 3.05) is 18.5 Å². The van der Waals surface area contributed by atoms with Crippen molar-refractivity contribution < 1.29 is 14.1 Å². The van der Waals surface area contributed by atoms with Crippen molar-refractivity contribution in [1.29, 1.82) is 0 Å². The van der Waals surface area contributed by atoms with Crippen LogP contribution in [0, 0.1) is 0 Å².